The molecule has 5 amide bonds. The number of aliphatic hydroxyl groups excluding tert-OH is 1. The van der Waals surface area contributed by atoms with Crippen molar-refractivity contribution in [3.63, 3.8) is 0 Å². The van der Waals surface area contributed by atoms with Crippen molar-refractivity contribution in [2.45, 2.75) is 129 Å². The molecule has 3 aliphatic rings. The number of aromatic nitrogens is 3. The van der Waals surface area contributed by atoms with Gasteiger partial charge in [0.05, 0.1) is 62.8 Å². The van der Waals surface area contributed by atoms with Crippen LogP contribution in [0.5, 0.6) is 0 Å². The molecule has 0 aliphatic carbocycles. The molecule has 3 fully saturated rings. The Bertz CT molecular complexity index is 3460. The van der Waals surface area contributed by atoms with Gasteiger partial charge in [-0.05, 0) is 85.7 Å². The van der Waals surface area contributed by atoms with Crippen LogP contribution in [0.1, 0.15) is 134 Å². The quantitative estimate of drug-likeness (QED) is 0.0337. The van der Waals surface area contributed by atoms with Crippen molar-refractivity contribution in [2.24, 2.45) is 5.92 Å². The standard InChI is InChI=1S/C66H82F3N11O8S/c1-42(2)61(57-32-43(3)75-88-57)65(87)80-40-50(81)35-56(80)64(86)73-53(46-17-19-47(20-18-46)62-44(4)72-41-89-62)37-59(83)70-23-12-10-8-6-7-9-11-16-60(84)79-30-26-77(27-31-79)39-45-14-13-15-48(33-45)49-21-22-55(78-28-24-76(5)25-29-78)54(34-49)74-63(85)51-38-71-58(82)36-52(51)66(67,68)69/h13-15,17-22,32-34,36,38,41-42,50,53,56,61,81H,6-12,16,23-31,35,37,39-40H2,1-5H3,(H,70,83)(H,71,82)(H,73,86)(H,74,85)/t50-,53?,56+,61?/m1/s1. The smallest absolute Gasteiger partial charge is 0.391 e. The molecule has 3 aromatic carbocycles. The van der Waals surface area contributed by atoms with Gasteiger partial charge in [-0.2, -0.15) is 13.2 Å². The average Bonchev–Trinajstić information content (AvgIpc) is 2.06. The molecule has 0 bridgehead atoms. The van der Waals surface area contributed by atoms with Gasteiger partial charge in [0.2, 0.25) is 29.2 Å². The normalized spacial score (nSPS) is 17.4. The van der Waals surface area contributed by atoms with E-state index in [4.69, 9.17) is 4.52 Å². The number of hydrogen-bond acceptors (Lipinski definition) is 14. The van der Waals surface area contributed by atoms with E-state index < -0.39 is 58.8 Å². The lowest BCUT2D eigenvalue weighted by atomic mass is 9.91. The van der Waals surface area contributed by atoms with E-state index >= 15 is 0 Å². The highest BCUT2D eigenvalue weighted by atomic mass is 32.1. The van der Waals surface area contributed by atoms with Crippen LogP contribution in [0, 0.1) is 19.8 Å². The summed E-state index contributed by atoms with van der Waals surface area (Å²) in [5, 5.41) is 23.7. The minimum Gasteiger partial charge on any atom is -0.391 e. The van der Waals surface area contributed by atoms with E-state index in [1.165, 1.54) is 16.2 Å². The highest BCUT2D eigenvalue weighted by molar-refractivity contribution is 7.13. The number of hydrogen-bond donors (Lipinski definition) is 5. The lowest BCUT2D eigenvalue weighted by Gasteiger charge is -2.35. The van der Waals surface area contributed by atoms with Crippen LogP contribution in [0.25, 0.3) is 21.6 Å². The van der Waals surface area contributed by atoms with Crippen molar-refractivity contribution in [2.75, 3.05) is 82.7 Å². The van der Waals surface area contributed by atoms with Crippen LogP contribution in [-0.4, -0.2) is 154 Å². The van der Waals surface area contributed by atoms with Gasteiger partial charge in [-0.3, -0.25) is 33.7 Å². The van der Waals surface area contributed by atoms with E-state index in [9.17, 15) is 47.0 Å². The number of halogens is 3. The zero-order chi connectivity index (χ0) is 63.4. The molecule has 3 aromatic heterocycles. The van der Waals surface area contributed by atoms with E-state index in [0.717, 1.165) is 116 Å². The minimum atomic E-state index is -4.91. The summed E-state index contributed by atoms with van der Waals surface area (Å²) in [6.07, 6.45) is 2.00. The summed E-state index contributed by atoms with van der Waals surface area (Å²) in [5.74, 6) is -2.30. The lowest BCUT2D eigenvalue weighted by Crippen LogP contribution is -2.49. The van der Waals surface area contributed by atoms with Crippen molar-refractivity contribution in [3.8, 4) is 21.6 Å². The minimum absolute atomic E-state index is 0.00753. The van der Waals surface area contributed by atoms with Gasteiger partial charge < -0.3 is 50.2 Å². The Balaban J connectivity index is 0.694. The molecular weight excluding hydrogens is 1160 g/mol. The van der Waals surface area contributed by atoms with Crippen LogP contribution in [0.15, 0.2) is 99.9 Å². The number of aliphatic hydroxyl groups is 1. The maximum Gasteiger partial charge on any atom is 0.417 e. The fourth-order valence-corrected chi connectivity index (χ4v) is 12.9. The van der Waals surface area contributed by atoms with Gasteiger partial charge in [0, 0.05) is 103 Å². The van der Waals surface area contributed by atoms with E-state index in [-0.39, 0.29) is 43.0 Å². The number of nitrogens with one attached hydrogen (secondary N) is 4. The molecule has 9 rings (SSSR count). The number of H-pyrrole nitrogens is 1. The van der Waals surface area contributed by atoms with Gasteiger partial charge >= 0.3 is 6.18 Å². The molecule has 89 heavy (non-hydrogen) atoms. The summed E-state index contributed by atoms with van der Waals surface area (Å²) < 4.78 is 47.5. The predicted molar refractivity (Wildman–Crippen MR) is 336 cm³/mol. The van der Waals surface area contributed by atoms with Gasteiger partial charge in [-0.1, -0.05) is 99.6 Å². The third-order valence-electron chi connectivity index (χ3n) is 17.1. The molecule has 3 aliphatic heterocycles. The zero-order valence-corrected chi connectivity index (χ0v) is 52.2. The molecule has 6 heterocycles. The summed E-state index contributed by atoms with van der Waals surface area (Å²) in [4.78, 5) is 98.2. The Morgan fingerprint density at radius 2 is 1.53 bits per heavy atom. The highest BCUT2D eigenvalue weighted by Gasteiger charge is 2.44. The first-order chi connectivity index (χ1) is 42.7. The van der Waals surface area contributed by atoms with Crippen molar-refractivity contribution in [1.82, 2.24) is 45.4 Å². The Labute approximate surface area is 521 Å². The monoisotopic (exact) mass is 1250 g/mol. The third-order valence-corrected chi connectivity index (χ3v) is 18.1. The van der Waals surface area contributed by atoms with Crippen LogP contribution in [0.4, 0.5) is 24.5 Å². The van der Waals surface area contributed by atoms with E-state index in [0.29, 0.717) is 74.6 Å². The van der Waals surface area contributed by atoms with Crippen molar-refractivity contribution < 1.29 is 46.8 Å². The number of rotatable bonds is 25. The molecule has 6 aromatic rings. The number of benzene rings is 3. The fraction of sp³-hybridized carbons (Fsp3) is 0.485. The molecule has 5 N–H and O–H groups in total. The Kier molecular flexibility index (Phi) is 22.3. The zero-order valence-electron chi connectivity index (χ0n) is 51.4. The molecule has 23 heteroatoms. The number of piperazine rings is 2. The Hall–Kier alpha value is -7.73. The second-order valence-corrected chi connectivity index (χ2v) is 25.0. The number of carbonyl (C=O) groups is 5. The fourth-order valence-electron chi connectivity index (χ4n) is 12.1. The maximum absolute atomic E-state index is 14.2. The van der Waals surface area contributed by atoms with Crippen LogP contribution >= 0.6 is 11.3 Å². The molecule has 4 atom stereocenters. The van der Waals surface area contributed by atoms with Crippen molar-refractivity contribution in [3.05, 3.63) is 140 Å². The number of aromatic amines is 1. The topological polar surface area (TPSA) is 230 Å². The first-order valence-corrected chi connectivity index (χ1v) is 31.8. The largest absolute Gasteiger partial charge is 0.417 e. The molecule has 0 radical (unpaired) electrons. The van der Waals surface area contributed by atoms with E-state index in [1.807, 2.05) is 87.3 Å². The molecule has 476 valence electrons. The number of anilines is 2. The van der Waals surface area contributed by atoms with Gasteiger partial charge in [0.15, 0.2) is 0 Å². The van der Waals surface area contributed by atoms with E-state index in [1.54, 1.807) is 24.6 Å². The number of alkyl halides is 3. The second kappa shape index (κ2) is 30.2. The molecule has 2 unspecified atom stereocenters. The van der Waals surface area contributed by atoms with E-state index in [2.05, 4.69) is 51.8 Å². The summed E-state index contributed by atoms with van der Waals surface area (Å²) in [6.45, 7) is 14.2. The maximum atomic E-state index is 14.2. The van der Waals surface area contributed by atoms with Gasteiger partial charge in [-0.25, -0.2) is 4.98 Å². The number of thiazole rings is 1. The third kappa shape index (κ3) is 17.4. The number of carbonyl (C=O) groups excluding carboxylic acids is 5. The van der Waals surface area contributed by atoms with Crippen LogP contribution < -0.4 is 26.4 Å². The number of β-amino-alcohol motifs (C(OH)–C–C–N with tert-alkyl or cyclic N) is 1. The number of nitrogens with zero attached hydrogens (tertiary/aromatic N) is 7. The summed E-state index contributed by atoms with van der Waals surface area (Å²) in [6, 6.07) is 21.8. The van der Waals surface area contributed by atoms with Crippen molar-refractivity contribution >= 4 is 52.2 Å². The summed E-state index contributed by atoms with van der Waals surface area (Å²) in [7, 11) is 2.02. The second-order valence-electron chi connectivity index (χ2n) is 24.2. The first-order valence-electron chi connectivity index (χ1n) is 31.0. The Morgan fingerprint density at radius 1 is 0.831 bits per heavy atom. The molecular formula is C66H82F3N11O8S. The van der Waals surface area contributed by atoms with Crippen LogP contribution in [0.2, 0.25) is 0 Å². The number of unbranched alkanes of at least 4 members (excludes halogenated alkanes) is 6. The number of likely N-dealkylation sites (N-methyl/N-ethyl adjacent to an activating group) is 1. The highest BCUT2D eigenvalue weighted by Crippen LogP contribution is 2.37. The number of pyridine rings is 1. The lowest BCUT2D eigenvalue weighted by molar-refractivity contribution is -0.141. The summed E-state index contributed by atoms with van der Waals surface area (Å²) >= 11 is 1.53. The first kappa shape index (κ1) is 65.7. The number of amides is 5. The van der Waals surface area contributed by atoms with Crippen LogP contribution in [0.3, 0.4) is 0 Å². The van der Waals surface area contributed by atoms with Crippen molar-refractivity contribution in [1.29, 1.82) is 0 Å². The summed E-state index contributed by atoms with van der Waals surface area (Å²) in [5.41, 5.74) is 5.82. The predicted octanol–water partition coefficient (Wildman–Crippen LogP) is 9.32. The average molecular weight is 1250 g/mol. The SMILES string of the molecule is Cc1cc(C(C(=O)N2C[C@H](O)C[C@H]2C(=O)NC(CC(=O)NCCCCCCCCCC(=O)N2CCN(Cc3cccc(-c4ccc(N5CCN(C)CC5)c(NC(=O)c5c[nH]c(=O)cc5C(F)(F)F)c4)c3)CC2)c2ccc(-c3scnc3C)cc2)C(C)C)on1. The van der Waals surface area contributed by atoms with Gasteiger partial charge in [-0.15, -0.1) is 11.3 Å². The van der Waals surface area contributed by atoms with Gasteiger partial charge in [0.25, 0.3) is 5.91 Å². The molecule has 3 saturated heterocycles. The molecule has 0 spiro atoms. The van der Waals surface area contributed by atoms with Gasteiger partial charge in [0.1, 0.15) is 17.7 Å². The number of likely N-dealkylation sites (tertiary alicyclic amines) is 1. The Morgan fingerprint density at radius 3 is 2.20 bits per heavy atom. The molecule has 19 nitrogen and oxygen atoms in total. The van der Waals surface area contributed by atoms with Crippen LogP contribution in [-0.2, 0) is 31.9 Å². The number of aryl methyl sites for hydroxylation is 2. The molecule has 0 saturated carbocycles.